The quantitative estimate of drug-likeness (QED) is 0.666. The highest BCUT2D eigenvalue weighted by molar-refractivity contribution is 5.82. The Labute approximate surface area is 81.3 Å². The fraction of sp³-hybridized carbons (Fsp3) is 0.909. The maximum Gasteiger partial charge on any atom is 0.138 e. The van der Waals surface area contributed by atoms with Crippen molar-refractivity contribution in [1.29, 1.82) is 0 Å². The average Bonchev–Trinajstić information content (AvgIpc) is 2.07. The van der Waals surface area contributed by atoms with Crippen molar-refractivity contribution in [2.24, 2.45) is 11.8 Å². The van der Waals surface area contributed by atoms with E-state index in [1.165, 1.54) is 0 Å². The van der Waals surface area contributed by atoms with Gasteiger partial charge in [-0.1, -0.05) is 20.8 Å². The third kappa shape index (κ3) is 3.11. The lowest BCUT2D eigenvalue weighted by Crippen LogP contribution is -2.42. The van der Waals surface area contributed by atoms with Gasteiger partial charge in [-0.15, -0.1) is 0 Å². The van der Waals surface area contributed by atoms with E-state index in [1.807, 2.05) is 0 Å². The van der Waals surface area contributed by atoms with Gasteiger partial charge in [0.2, 0.25) is 0 Å². The monoisotopic (exact) mass is 183 g/mol. The zero-order valence-corrected chi connectivity index (χ0v) is 9.05. The predicted octanol–water partition coefficient (Wildman–Crippen LogP) is 1.94. The summed E-state index contributed by atoms with van der Waals surface area (Å²) in [6.07, 6.45) is 1.78. The van der Waals surface area contributed by atoms with Gasteiger partial charge in [-0.2, -0.15) is 0 Å². The lowest BCUT2D eigenvalue weighted by molar-refractivity contribution is -0.126. The molecule has 1 aliphatic heterocycles. The van der Waals surface area contributed by atoms with Crippen LogP contribution in [-0.2, 0) is 4.79 Å². The summed E-state index contributed by atoms with van der Waals surface area (Å²) in [6, 6.07) is 0. The van der Waals surface area contributed by atoms with Crippen LogP contribution in [0.2, 0.25) is 0 Å². The Bertz CT molecular complexity index is 177. The smallest absolute Gasteiger partial charge is 0.138 e. The fourth-order valence-electron chi connectivity index (χ4n) is 2.02. The first kappa shape index (κ1) is 10.7. The predicted molar refractivity (Wildman–Crippen MR) is 54.7 cm³/mol. The van der Waals surface area contributed by atoms with Crippen molar-refractivity contribution >= 4 is 5.78 Å². The van der Waals surface area contributed by atoms with Gasteiger partial charge >= 0.3 is 0 Å². The van der Waals surface area contributed by atoms with Gasteiger partial charge in [0.25, 0.3) is 0 Å². The fourth-order valence-corrected chi connectivity index (χ4v) is 2.02. The van der Waals surface area contributed by atoms with E-state index in [-0.39, 0.29) is 0 Å². The summed E-state index contributed by atoms with van der Waals surface area (Å²) in [6.45, 7) is 9.70. The average molecular weight is 183 g/mol. The summed E-state index contributed by atoms with van der Waals surface area (Å²) in [4.78, 5) is 13.9. The first-order chi connectivity index (χ1) is 6.13. The molecule has 0 N–H and O–H groups in total. The third-order valence-electron chi connectivity index (χ3n) is 2.72. The van der Waals surface area contributed by atoms with E-state index < -0.39 is 0 Å². The number of nitrogens with zero attached hydrogens (tertiary/aromatic N) is 1. The summed E-state index contributed by atoms with van der Waals surface area (Å²) < 4.78 is 0. The largest absolute Gasteiger partial charge is 0.302 e. The summed E-state index contributed by atoms with van der Waals surface area (Å²) in [5, 5.41) is 0. The molecule has 1 rings (SSSR count). The molecule has 0 amide bonds. The van der Waals surface area contributed by atoms with Crippen molar-refractivity contribution in [2.75, 3.05) is 19.6 Å². The number of hydrogen-bond donors (Lipinski definition) is 0. The van der Waals surface area contributed by atoms with Crippen molar-refractivity contribution in [1.82, 2.24) is 4.90 Å². The molecule has 1 unspecified atom stereocenters. The first-order valence-electron chi connectivity index (χ1n) is 5.38. The van der Waals surface area contributed by atoms with Crippen molar-refractivity contribution in [2.45, 2.75) is 33.6 Å². The van der Waals surface area contributed by atoms with Crippen LogP contribution in [0.25, 0.3) is 0 Å². The zero-order chi connectivity index (χ0) is 9.84. The molecule has 0 aromatic heterocycles. The molecule has 1 atom stereocenters. The van der Waals surface area contributed by atoms with Gasteiger partial charge in [0.15, 0.2) is 0 Å². The van der Waals surface area contributed by atoms with E-state index in [1.54, 1.807) is 0 Å². The summed E-state index contributed by atoms with van der Waals surface area (Å²) in [5.74, 6) is 1.50. The van der Waals surface area contributed by atoms with Gasteiger partial charge in [0, 0.05) is 32.0 Å². The van der Waals surface area contributed by atoms with Crippen LogP contribution >= 0.6 is 0 Å². The van der Waals surface area contributed by atoms with Crippen LogP contribution in [0.4, 0.5) is 0 Å². The van der Waals surface area contributed by atoms with Crippen LogP contribution in [0.15, 0.2) is 0 Å². The molecule has 1 aliphatic rings. The topological polar surface area (TPSA) is 20.3 Å². The normalized spacial score (nSPS) is 25.5. The third-order valence-corrected chi connectivity index (χ3v) is 2.72. The van der Waals surface area contributed by atoms with Crippen LogP contribution in [0, 0.1) is 11.8 Å². The van der Waals surface area contributed by atoms with E-state index in [0.29, 0.717) is 17.6 Å². The van der Waals surface area contributed by atoms with Crippen LogP contribution in [0.5, 0.6) is 0 Å². The molecule has 1 fully saturated rings. The van der Waals surface area contributed by atoms with Gasteiger partial charge in [0.1, 0.15) is 5.78 Å². The first-order valence-corrected chi connectivity index (χ1v) is 5.38. The molecule has 0 saturated carbocycles. The number of ketones is 1. The summed E-state index contributed by atoms with van der Waals surface area (Å²) >= 11 is 0. The number of Topliss-reactive ketones (excluding diaryl/α,β-unsaturated/α-hetero) is 1. The Hall–Kier alpha value is -0.370. The van der Waals surface area contributed by atoms with Gasteiger partial charge < -0.3 is 4.90 Å². The van der Waals surface area contributed by atoms with Crippen molar-refractivity contribution in [3.05, 3.63) is 0 Å². The Morgan fingerprint density at radius 3 is 2.77 bits per heavy atom. The second-order valence-electron chi connectivity index (χ2n) is 4.47. The lowest BCUT2D eigenvalue weighted by Gasteiger charge is -2.32. The molecule has 1 saturated heterocycles. The molecule has 0 aromatic rings. The second-order valence-corrected chi connectivity index (χ2v) is 4.47. The number of hydrogen-bond acceptors (Lipinski definition) is 2. The highest BCUT2D eigenvalue weighted by Crippen LogP contribution is 2.16. The van der Waals surface area contributed by atoms with Crippen LogP contribution in [0.3, 0.4) is 0 Å². The Morgan fingerprint density at radius 1 is 1.54 bits per heavy atom. The molecule has 2 nitrogen and oxygen atoms in total. The second kappa shape index (κ2) is 4.75. The maximum atomic E-state index is 11.4. The molecule has 2 heteroatoms. The van der Waals surface area contributed by atoms with Crippen LogP contribution in [0.1, 0.15) is 33.6 Å². The molecular formula is C11H21NO. The summed E-state index contributed by atoms with van der Waals surface area (Å²) in [5.41, 5.74) is 0. The minimum absolute atomic E-state index is 0.312. The van der Waals surface area contributed by atoms with Crippen molar-refractivity contribution < 1.29 is 4.79 Å². The molecule has 76 valence electrons. The van der Waals surface area contributed by atoms with Crippen LogP contribution < -0.4 is 0 Å². The molecule has 0 bridgehead atoms. The van der Waals surface area contributed by atoms with Gasteiger partial charge in [0.05, 0.1) is 0 Å². The van der Waals surface area contributed by atoms with Crippen LogP contribution in [-0.4, -0.2) is 30.3 Å². The number of rotatable bonds is 3. The summed E-state index contributed by atoms with van der Waals surface area (Å²) in [7, 11) is 0. The minimum Gasteiger partial charge on any atom is -0.302 e. The SMILES string of the molecule is CCC1CN(CC(C)C)CCC1=O. The lowest BCUT2D eigenvalue weighted by atomic mass is 9.93. The van der Waals surface area contributed by atoms with Gasteiger partial charge in [-0.05, 0) is 12.3 Å². The Kier molecular flexibility index (Phi) is 3.91. The molecular weight excluding hydrogens is 162 g/mol. The van der Waals surface area contributed by atoms with E-state index in [4.69, 9.17) is 0 Å². The highest BCUT2D eigenvalue weighted by atomic mass is 16.1. The molecule has 0 radical (unpaired) electrons. The van der Waals surface area contributed by atoms with E-state index in [0.717, 1.165) is 32.5 Å². The molecule has 13 heavy (non-hydrogen) atoms. The number of piperidine rings is 1. The highest BCUT2D eigenvalue weighted by Gasteiger charge is 2.25. The van der Waals surface area contributed by atoms with Crippen molar-refractivity contribution in [3.8, 4) is 0 Å². The molecule has 0 aromatic carbocycles. The standard InChI is InChI=1S/C11H21NO/c1-4-10-8-12(7-9(2)3)6-5-11(10)13/h9-10H,4-8H2,1-3H3. The molecule has 0 spiro atoms. The zero-order valence-electron chi connectivity index (χ0n) is 9.05. The van der Waals surface area contributed by atoms with E-state index in [9.17, 15) is 4.79 Å². The number of likely N-dealkylation sites (tertiary alicyclic amines) is 1. The van der Waals surface area contributed by atoms with E-state index in [2.05, 4.69) is 25.7 Å². The minimum atomic E-state index is 0.312. The Morgan fingerprint density at radius 2 is 2.23 bits per heavy atom. The number of carbonyl (C=O) groups excluding carboxylic acids is 1. The molecule has 0 aliphatic carbocycles. The van der Waals surface area contributed by atoms with Gasteiger partial charge in [-0.3, -0.25) is 4.79 Å². The maximum absolute atomic E-state index is 11.4. The molecule has 1 heterocycles. The van der Waals surface area contributed by atoms with Crippen molar-refractivity contribution in [3.63, 3.8) is 0 Å². The van der Waals surface area contributed by atoms with E-state index >= 15 is 0 Å². The number of carbonyl (C=O) groups is 1. The van der Waals surface area contributed by atoms with Gasteiger partial charge in [-0.25, -0.2) is 0 Å². The Balaban J connectivity index is 2.40.